The molecule has 0 saturated heterocycles. The minimum atomic E-state index is 0.469. The van der Waals surface area contributed by atoms with Crippen molar-refractivity contribution in [3.05, 3.63) is 57.9 Å². The number of dihydropyridines is 1. The molecular weight excluding hydrogens is 230 g/mol. The molecule has 0 spiro atoms. The van der Waals surface area contributed by atoms with Gasteiger partial charge in [0.1, 0.15) is 0 Å². The van der Waals surface area contributed by atoms with Gasteiger partial charge in [-0.25, -0.2) is 0 Å². The summed E-state index contributed by atoms with van der Waals surface area (Å²) in [7, 11) is 0. The number of hydrogen-bond donors (Lipinski definition) is 1. The molecule has 1 N–H and O–H groups in total. The molecule has 1 aliphatic rings. The standard InChI is InChI=1S/C18H25N/c1-6-16-13(4)19-14(5)17(7-2)18(16)15-10-8-12(3)9-11-15/h8-11,18-19H,6-7H2,1-5H3. The van der Waals surface area contributed by atoms with Gasteiger partial charge < -0.3 is 5.32 Å². The fraction of sp³-hybridized carbons (Fsp3) is 0.444. The highest BCUT2D eigenvalue weighted by Gasteiger charge is 2.26. The topological polar surface area (TPSA) is 12.0 Å². The van der Waals surface area contributed by atoms with Crippen molar-refractivity contribution in [2.75, 3.05) is 0 Å². The number of nitrogens with one attached hydrogen (secondary N) is 1. The van der Waals surface area contributed by atoms with Gasteiger partial charge in [-0.1, -0.05) is 43.7 Å². The third-order valence-corrected chi connectivity index (χ3v) is 4.21. The van der Waals surface area contributed by atoms with Crippen molar-refractivity contribution < 1.29 is 0 Å². The zero-order valence-corrected chi connectivity index (χ0v) is 12.8. The summed E-state index contributed by atoms with van der Waals surface area (Å²) in [6, 6.07) is 9.03. The Bertz CT molecular complexity index is 491. The van der Waals surface area contributed by atoms with Crippen molar-refractivity contribution in [2.45, 2.75) is 53.4 Å². The van der Waals surface area contributed by atoms with Crippen molar-refractivity contribution >= 4 is 0 Å². The van der Waals surface area contributed by atoms with Crippen molar-refractivity contribution in [1.82, 2.24) is 5.32 Å². The highest BCUT2D eigenvalue weighted by molar-refractivity contribution is 5.45. The first-order valence-electron chi connectivity index (χ1n) is 7.31. The van der Waals surface area contributed by atoms with Gasteiger partial charge in [0.2, 0.25) is 0 Å². The smallest absolute Gasteiger partial charge is 0.0297 e. The lowest BCUT2D eigenvalue weighted by Gasteiger charge is -2.32. The van der Waals surface area contributed by atoms with E-state index in [2.05, 4.69) is 64.2 Å². The van der Waals surface area contributed by atoms with Gasteiger partial charge in [0.15, 0.2) is 0 Å². The van der Waals surface area contributed by atoms with Crippen LogP contribution in [-0.2, 0) is 0 Å². The molecule has 1 aromatic rings. The summed E-state index contributed by atoms with van der Waals surface area (Å²) in [5.74, 6) is 0.469. The third-order valence-electron chi connectivity index (χ3n) is 4.21. The quantitative estimate of drug-likeness (QED) is 0.797. The van der Waals surface area contributed by atoms with Gasteiger partial charge in [0.05, 0.1) is 0 Å². The normalized spacial score (nSPS) is 16.9. The highest BCUT2D eigenvalue weighted by Crippen LogP contribution is 2.40. The van der Waals surface area contributed by atoms with Crippen LogP contribution in [0, 0.1) is 6.92 Å². The summed E-state index contributed by atoms with van der Waals surface area (Å²) < 4.78 is 0. The van der Waals surface area contributed by atoms with Crippen LogP contribution in [0.3, 0.4) is 0 Å². The maximum absolute atomic E-state index is 3.55. The molecule has 0 fully saturated rings. The van der Waals surface area contributed by atoms with Gasteiger partial charge in [-0.05, 0) is 50.3 Å². The lowest BCUT2D eigenvalue weighted by molar-refractivity contribution is 0.715. The molecule has 0 radical (unpaired) electrons. The van der Waals surface area contributed by atoms with E-state index >= 15 is 0 Å². The van der Waals surface area contributed by atoms with Gasteiger partial charge in [0.25, 0.3) is 0 Å². The molecule has 102 valence electrons. The summed E-state index contributed by atoms with van der Waals surface area (Å²) in [4.78, 5) is 0. The largest absolute Gasteiger partial charge is 0.363 e. The van der Waals surface area contributed by atoms with Crippen molar-refractivity contribution in [3.63, 3.8) is 0 Å². The maximum atomic E-state index is 3.55. The molecule has 0 aliphatic carbocycles. The Balaban J connectivity index is 2.53. The molecular formula is C18H25N. The third kappa shape index (κ3) is 2.60. The van der Waals surface area contributed by atoms with Crippen LogP contribution < -0.4 is 5.32 Å². The second-order valence-electron chi connectivity index (χ2n) is 5.48. The van der Waals surface area contributed by atoms with E-state index in [0.29, 0.717) is 5.92 Å². The highest BCUT2D eigenvalue weighted by atomic mass is 14.9. The molecule has 1 aliphatic heterocycles. The van der Waals surface area contributed by atoms with Crippen LogP contribution in [0.5, 0.6) is 0 Å². The zero-order valence-electron chi connectivity index (χ0n) is 12.8. The van der Waals surface area contributed by atoms with Crippen molar-refractivity contribution in [2.24, 2.45) is 0 Å². The molecule has 1 heteroatoms. The Morgan fingerprint density at radius 3 is 1.74 bits per heavy atom. The van der Waals surface area contributed by atoms with Crippen LogP contribution in [-0.4, -0.2) is 0 Å². The average molecular weight is 255 g/mol. The average Bonchev–Trinajstić information content (AvgIpc) is 2.39. The van der Waals surface area contributed by atoms with E-state index in [0.717, 1.165) is 12.8 Å². The molecule has 19 heavy (non-hydrogen) atoms. The Kier molecular flexibility index (Phi) is 4.14. The Morgan fingerprint density at radius 2 is 1.32 bits per heavy atom. The minimum Gasteiger partial charge on any atom is -0.363 e. The lowest BCUT2D eigenvalue weighted by Crippen LogP contribution is -2.24. The second-order valence-corrected chi connectivity index (χ2v) is 5.48. The van der Waals surface area contributed by atoms with E-state index in [4.69, 9.17) is 0 Å². The van der Waals surface area contributed by atoms with Crippen LogP contribution in [0.2, 0.25) is 0 Å². The number of rotatable bonds is 3. The van der Waals surface area contributed by atoms with Gasteiger partial charge in [-0.15, -0.1) is 0 Å². The molecule has 2 rings (SSSR count). The number of hydrogen-bond acceptors (Lipinski definition) is 1. The first-order chi connectivity index (χ1) is 9.08. The summed E-state index contributed by atoms with van der Waals surface area (Å²) in [5.41, 5.74) is 8.50. The van der Waals surface area contributed by atoms with Crippen molar-refractivity contribution in [1.29, 1.82) is 0 Å². The van der Waals surface area contributed by atoms with Crippen LogP contribution >= 0.6 is 0 Å². The fourth-order valence-electron chi connectivity index (χ4n) is 3.18. The Morgan fingerprint density at radius 1 is 0.842 bits per heavy atom. The Labute approximate surface area is 117 Å². The summed E-state index contributed by atoms with van der Waals surface area (Å²) in [6.45, 7) is 11.1. The lowest BCUT2D eigenvalue weighted by atomic mass is 9.78. The SMILES string of the molecule is CCC1=C(C)NC(C)=C(CC)C1c1ccc(C)cc1. The Hall–Kier alpha value is -1.50. The van der Waals surface area contributed by atoms with E-state index in [1.165, 1.54) is 33.7 Å². The predicted molar refractivity (Wildman–Crippen MR) is 83.0 cm³/mol. The summed E-state index contributed by atoms with van der Waals surface area (Å²) in [5, 5.41) is 3.55. The van der Waals surface area contributed by atoms with Crippen LogP contribution in [0.1, 0.15) is 57.6 Å². The molecule has 0 unspecified atom stereocenters. The number of allylic oxidation sites excluding steroid dienone is 4. The maximum Gasteiger partial charge on any atom is 0.0297 e. The van der Waals surface area contributed by atoms with Crippen molar-refractivity contribution in [3.8, 4) is 0 Å². The van der Waals surface area contributed by atoms with E-state index < -0.39 is 0 Å². The van der Waals surface area contributed by atoms with E-state index in [9.17, 15) is 0 Å². The van der Waals surface area contributed by atoms with Crippen LogP contribution in [0.4, 0.5) is 0 Å². The predicted octanol–water partition coefficient (Wildman–Crippen LogP) is 5.05. The first kappa shape index (κ1) is 13.9. The van der Waals surface area contributed by atoms with Gasteiger partial charge in [-0.2, -0.15) is 0 Å². The molecule has 0 saturated carbocycles. The number of aryl methyl sites for hydroxylation is 1. The second kappa shape index (κ2) is 5.64. The molecule has 1 nitrogen and oxygen atoms in total. The van der Waals surface area contributed by atoms with Crippen LogP contribution in [0.25, 0.3) is 0 Å². The van der Waals surface area contributed by atoms with Crippen LogP contribution in [0.15, 0.2) is 46.8 Å². The number of benzene rings is 1. The minimum absolute atomic E-state index is 0.469. The van der Waals surface area contributed by atoms with E-state index in [1.807, 2.05) is 0 Å². The molecule has 1 heterocycles. The summed E-state index contributed by atoms with van der Waals surface area (Å²) in [6.07, 6.45) is 2.21. The fourth-order valence-corrected chi connectivity index (χ4v) is 3.18. The molecule has 1 aromatic carbocycles. The van der Waals surface area contributed by atoms with Gasteiger partial charge in [0, 0.05) is 17.3 Å². The first-order valence-corrected chi connectivity index (χ1v) is 7.31. The molecule has 0 amide bonds. The molecule has 0 atom stereocenters. The van der Waals surface area contributed by atoms with Gasteiger partial charge in [-0.3, -0.25) is 0 Å². The molecule has 0 bridgehead atoms. The zero-order chi connectivity index (χ0) is 14.0. The van der Waals surface area contributed by atoms with E-state index in [1.54, 1.807) is 0 Å². The molecule has 0 aromatic heterocycles. The van der Waals surface area contributed by atoms with E-state index in [-0.39, 0.29) is 0 Å². The monoisotopic (exact) mass is 255 g/mol. The summed E-state index contributed by atoms with van der Waals surface area (Å²) >= 11 is 0. The van der Waals surface area contributed by atoms with Gasteiger partial charge >= 0.3 is 0 Å².